The maximum Gasteiger partial charge on any atom is 0.148 e. The highest BCUT2D eigenvalue weighted by atomic mass is 16.3. The number of aliphatic hydroxyl groups excluding tert-OH is 1. The number of rotatable bonds is 4. The van der Waals surface area contributed by atoms with Gasteiger partial charge in [-0.3, -0.25) is 0 Å². The summed E-state index contributed by atoms with van der Waals surface area (Å²) in [5.74, 6) is 7.91. The van der Waals surface area contributed by atoms with Gasteiger partial charge in [0.25, 0.3) is 0 Å². The molecule has 0 radical (unpaired) electrons. The molecule has 112 valence electrons. The summed E-state index contributed by atoms with van der Waals surface area (Å²) in [4.78, 5) is 10.9. The summed E-state index contributed by atoms with van der Waals surface area (Å²) in [5.41, 5.74) is 3.73. The van der Waals surface area contributed by atoms with Crippen LogP contribution in [0, 0.1) is 5.92 Å². The van der Waals surface area contributed by atoms with Crippen molar-refractivity contribution >= 4 is 11.6 Å². The van der Waals surface area contributed by atoms with Crippen molar-refractivity contribution in [3.05, 3.63) is 11.9 Å². The second-order valence-corrected chi connectivity index (χ2v) is 5.82. The van der Waals surface area contributed by atoms with Crippen molar-refractivity contribution < 1.29 is 5.11 Å². The molecule has 6 nitrogen and oxygen atoms in total. The van der Waals surface area contributed by atoms with Crippen LogP contribution in [0.2, 0.25) is 0 Å². The van der Waals surface area contributed by atoms with E-state index in [-0.39, 0.29) is 6.10 Å². The van der Waals surface area contributed by atoms with E-state index >= 15 is 0 Å². The Morgan fingerprint density at radius 3 is 2.45 bits per heavy atom. The fraction of sp³-hybridized carbons (Fsp3) is 0.714. The Morgan fingerprint density at radius 2 is 1.95 bits per heavy atom. The summed E-state index contributed by atoms with van der Waals surface area (Å²) in [6.07, 6.45) is 3.31. The summed E-state index contributed by atoms with van der Waals surface area (Å²) in [7, 11) is 0. The second kappa shape index (κ2) is 6.37. The Kier molecular flexibility index (Phi) is 4.77. The van der Waals surface area contributed by atoms with E-state index in [1.165, 1.54) is 0 Å². The van der Waals surface area contributed by atoms with E-state index < -0.39 is 0 Å². The van der Waals surface area contributed by atoms with Gasteiger partial charge in [-0.05, 0) is 31.6 Å². The van der Waals surface area contributed by atoms with E-state index in [9.17, 15) is 5.11 Å². The quantitative estimate of drug-likeness (QED) is 0.571. The minimum Gasteiger partial charge on any atom is -0.393 e. The van der Waals surface area contributed by atoms with E-state index in [0.29, 0.717) is 17.7 Å². The average molecular weight is 279 g/mol. The first-order valence-corrected chi connectivity index (χ1v) is 7.29. The third-order valence-electron chi connectivity index (χ3n) is 4.10. The molecule has 2 rings (SSSR count). The van der Waals surface area contributed by atoms with E-state index in [0.717, 1.165) is 37.3 Å². The topological polar surface area (TPSA) is 87.3 Å². The molecule has 1 fully saturated rings. The molecule has 0 aliphatic carbocycles. The lowest BCUT2D eigenvalue weighted by Crippen LogP contribution is -2.38. The van der Waals surface area contributed by atoms with Crippen LogP contribution in [0.1, 0.15) is 45.1 Å². The standard InChI is InChI=1S/C14H25N5O/c1-9(2)12-13(18-15)16-8-17-14(12)19-6-4-11(5-7-19)10(3)20/h8-11,20H,4-7,15H2,1-3H3,(H,16,17,18). The Hall–Kier alpha value is -1.40. The number of nitrogens with zero attached hydrogens (tertiary/aromatic N) is 3. The van der Waals surface area contributed by atoms with E-state index in [4.69, 9.17) is 5.84 Å². The first-order valence-electron chi connectivity index (χ1n) is 7.29. The van der Waals surface area contributed by atoms with E-state index in [2.05, 4.69) is 34.1 Å². The number of hydrazine groups is 1. The van der Waals surface area contributed by atoms with Gasteiger partial charge in [0.05, 0.1) is 6.10 Å². The Morgan fingerprint density at radius 1 is 1.30 bits per heavy atom. The number of anilines is 2. The number of nitrogens with one attached hydrogen (secondary N) is 1. The molecular formula is C14H25N5O. The Labute approximate surface area is 120 Å². The highest BCUT2D eigenvalue weighted by Crippen LogP contribution is 2.33. The molecule has 1 saturated heterocycles. The summed E-state index contributed by atoms with van der Waals surface area (Å²) in [6.45, 7) is 7.94. The monoisotopic (exact) mass is 279 g/mol. The molecule has 20 heavy (non-hydrogen) atoms. The molecule has 1 aliphatic rings. The Bertz CT molecular complexity index is 441. The lowest BCUT2D eigenvalue weighted by Gasteiger charge is -2.35. The van der Waals surface area contributed by atoms with Crippen LogP contribution in [0.15, 0.2) is 6.33 Å². The number of aliphatic hydroxyl groups is 1. The van der Waals surface area contributed by atoms with Gasteiger partial charge in [0.15, 0.2) is 0 Å². The van der Waals surface area contributed by atoms with Crippen molar-refractivity contribution in [1.29, 1.82) is 0 Å². The van der Waals surface area contributed by atoms with Crippen molar-refractivity contribution in [2.45, 2.75) is 45.6 Å². The normalized spacial score (nSPS) is 18.4. The highest BCUT2D eigenvalue weighted by molar-refractivity contribution is 5.60. The molecule has 1 unspecified atom stereocenters. The minimum absolute atomic E-state index is 0.228. The number of nitrogens with two attached hydrogens (primary N) is 1. The van der Waals surface area contributed by atoms with Gasteiger partial charge < -0.3 is 15.4 Å². The molecule has 2 heterocycles. The third-order valence-corrected chi connectivity index (χ3v) is 4.10. The first kappa shape index (κ1) is 15.0. The molecule has 0 amide bonds. The van der Waals surface area contributed by atoms with Gasteiger partial charge >= 0.3 is 0 Å². The van der Waals surface area contributed by atoms with Crippen LogP contribution >= 0.6 is 0 Å². The van der Waals surface area contributed by atoms with Crippen molar-refractivity contribution in [2.24, 2.45) is 11.8 Å². The molecule has 0 aromatic carbocycles. The average Bonchev–Trinajstić information content (AvgIpc) is 2.46. The van der Waals surface area contributed by atoms with Crippen molar-refractivity contribution in [3.63, 3.8) is 0 Å². The van der Waals surface area contributed by atoms with Crippen LogP contribution in [-0.4, -0.2) is 34.3 Å². The zero-order chi connectivity index (χ0) is 14.7. The molecular weight excluding hydrogens is 254 g/mol. The van der Waals surface area contributed by atoms with Crippen LogP contribution in [0.4, 0.5) is 11.6 Å². The van der Waals surface area contributed by atoms with E-state index in [1.54, 1.807) is 6.33 Å². The SMILES string of the molecule is CC(C)c1c(NN)ncnc1N1CCC(C(C)O)CC1. The summed E-state index contributed by atoms with van der Waals surface area (Å²) >= 11 is 0. The predicted octanol–water partition coefficient (Wildman–Crippen LogP) is 1.48. The smallest absolute Gasteiger partial charge is 0.148 e. The van der Waals surface area contributed by atoms with Gasteiger partial charge in [-0.2, -0.15) is 0 Å². The maximum absolute atomic E-state index is 9.69. The first-order chi connectivity index (χ1) is 9.54. The zero-order valence-electron chi connectivity index (χ0n) is 12.5. The lowest BCUT2D eigenvalue weighted by atomic mass is 9.91. The van der Waals surface area contributed by atoms with Crippen molar-refractivity contribution in [3.8, 4) is 0 Å². The molecule has 1 atom stereocenters. The number of piperidine rings is 1. The molecule has 4 N–H and O–H groups in total. The molecule has 0 saturated carbocycles. The third kappa shape index (κ3) is 3.02. The largest absolute Gasteiger partial charge is 0.393 e. The van der Waals surface area contributed by atoms with Gasteiger partial charge in [-0.1, -0.05) is 13.8 Å². The van der Waals surface area contributed by atoms with Crippen LogP contribution in [-0.2, 0) is 0 Å². The molecule has 1 aliphatic heterocycles. The fourth-order valence-electron chi connectivity index (χ4n) is 2.88. The van der Waals surface area contributed by atoms with Crippen LogP contribution in [0.25, 0.3) is 0 Å². The Balaban J connectivity index is 2.21. The van der Waals surface area contributed by atoms with Gasteiger partial charge in [0.1, 0.15) is 18.0 Å². The summed E-state index contributed by atoms with van der Waals surface area (Å²) in [6, 6.07) is 0. The molecule has 1 aromatic heterocycles. The number of nitrogen functional groups attached to an aromatic ring is 1. The van der Waals surface area contributed by atoms with Crippen molar-refractivity contribution in [1.82, 2.24) is 9.97 Å². The minimum atomic E-state index is -0.228. The van der Waals surface area contributed by atoms with Crippen LogP contribution < -0.4 is 16.2 Å². The van der Waals surface area contributed by atoms with Gasteiger partial charge in [-0.15, -0.1) is 0 Å². The predicted molar refractivity (Wildman–Crippen MR) is 80.5 cm³/mol. The number of aromatic nitrogens is 2. The lowest BCUT2D eigenvalue weighted by molar-refractivity contribution is 0.109. The number of hydrogen-bond donors (Lipinski definition) is 3. The molecule has 0 bridgehead atoms. The highest BCUT2D eigenvalue weighted by Gasteiger charge is 2.26. The van der Waals surface area contributed by atoms with Gasteiger partial charge in [0.2, 0.25) is 0 Å². The molecule has 0 spiro atoms. The van der Waals surface area contributed by atoms with Crippen LogP contribution in [0.5, 0.6) is 0 Å². The molecule has 6 heteroatoms. The zero-order valence-corrected chi connectivity index (χ0v) is 12.5. The fourth-order valence-corrected chi connectivity index (χ4v) is 2.88. The van der Waals surface area contributed by atoms with Gasteiger partial charge in [-0.25, -0.2) is 15.8 Å². The second-order valence-electron chi connectivity index (χ2n) is 5.82. The van der Waals surface area contributed by atoms with Crippen LogP contribution in [0.3, 0.4) is 0 Å². The van der Waals surface area contributed by atoms with E-state index in [1.807, 2.05) is 6.92 Å². The summed E-state index contributed by atoms with van der Waals surface area (Å²) < 4.78 is 0. The van der Waals surface area contributed by atoms with Crippen molar-refractivity contribution in [2.75, 3.05) is 23.4 Å². The number of hydrogen-bond acceptors (Lipinski definition) is 6. The summed E-state index contributed by atoms with van der Waals surface area (Å²) in [5, 5.41) is 9.69. The molecule has 1 aromatic rings. The maximum atomic E-state index is 9.69. The van der Waals surface area contributed by atoms with Gasteiger partial charge in [0, 0.05) is 18.7 Å².